The number of likely N-dealkylation sites (tertiary alicyclic amines) is 1. The van der Waals surface area contributed by atoms with Crippen molar-refractivity contribution >= 4 is 17.3 Å². The summed E-state index contributed by atoms with van der Waals surface area (Å²) in [7, 11) is 3.91. The molecule has 1 unspecified atom stereocenters. The molecule has 8 heteroatoms. The van der Waals surface area contributed by atoms with Crippen LogP contribution in [0.1, 0.15) is 18.4 Å². The van der Waals surface area contributed by atoms with Crippen molar-refractivity contribution < 1.29 is 4.92 Å². The molecule has 8 nitrogen and oxygen atoms in total. The standard InChI is InChI=1S/C18H24N6O2/c1-22(2)18-10-17(19-13-20-18)21-15-4-3-9-23(12-15)11-14-5-7-16(8-6-14)24(25)26/h5-8,10,13,15H,3-4,9,11-12H2,1-2H3,(H,19,20,21). The Balaban J connectivity index is 1.58. The van der Waals surface area contributed by atoms with Crippen molar-refractivity contribution in [2.24, 2.45) is 0 Å². The van der Waals surface area contributed by atoms with E-state index in [1.54, 1.807) is 18.5 Å². The summed E-state index contributed by atoms with van der Waals surface area (Å²) in [6, 6.07) is 9.09. The van der Waals surface area contributed by atoms with Crippen LogP contribution in [0.2, 0.25) is 0 Å². The van der Waals surface area contributed by atoms with E-state index in [1.165, 1.54) is 0 Å². The maximum atomic E-state index is 10.8. The van der Waals surface area contributed by atoms with Gasteiger partial charge in [-0.1, -0.05) is 12.1 Å². The largest absolute Gasteiger partial charge is 0.366 e. The molecule has 1 fully saturated rings. The van der Waals surface area contributed by atoms with E-state index >= 15 is 0 Å². The molecule has 138 valence electrons. The maximum Gasteiger partial charge on any atom is 0.269 e. The molecule has 1 aliphatic rings. The fraction of sp³-hybridized carbons (Fsp3) is 0.444. The Bertz CT molecular complexity index is 750. The summed E-state index contributed by atoms with van der Waals surface area (Å²) in [5.74, 6) is 1.71. The van der Waals surface area contributed by atoms with Gasteiger partial charge in [0, 0.05) is 51.4 Å². The van der Waals surface area contributed by atoms with Gasteiger partial charge in [-0.2, -0.15) is 0 Å². The van der Waals surface area contributed by atoms with Crippen molar-refractivity contribution in [3.8, 4) is 0 Å². The number of rotatable bonds is 6. The third-order valence-electron chi connectivity index (χ3n) is 4.52. The molecule has 1 atom stereocenters. The zero-order chi connectivity index (χ0) is 18.5. The van der Waals surface area contributed by atoms with Gasteiger partial charge in [0.2, 0.25) is 0 Å². The Morgan fingerprint density at radius 1 is 1.31 bits per heavy atom. The fourth-order valence-electron chi connectivity index (χ4n) is 3.18. The highest BCUT2D eigenvalue weighted by Crippen LogP contribution is 2.19. The number of anilines is 2. The van der Waals surface area contributed by atoms with E-state index in [4.69, 9.17) is 0 Å². The Hall–Kier alpha value is -2.74. The lowest BCUT2D eigenvalue weighted by Gasteiger charge is -2.33. The lowest BCUT2D eigenvalue weighted by molar-refractivity contribution is -0.384. The molecule has 1 N–H and O–H groups in total. The first-order valence-electron chi connectivity index (χ1n) is 8.73. The third kappa shape index (κ3) is 4.66. The van der Waals surface area contributed by atoms with Gasteiger partial charge in [-0.25, -0.2) is 9.97 Å². The predicted molar refractivity (Wildman–Crippen MR) is 101 cm³/mol. The minimum absolute atomic E-state index is 0.132. The van der Waals surface area contributed by atoms with Gasteiger partial charge in [0.15, 0.2) is 0 Å². The summed E-state index contributed by atoms with van der Waals surface area (Å²) in [4.78, 5) is 23.3. The van der Waals surface area contributed by atoms with Gasteiger partial charge in [-0.3, -0.25) is 15.0 Å². The van der Waals surface area contributed by atoms with E-state index in [9.17, 15) is 10.1 Å². The van der Waals surface area contributed by atoms with Crippen molar-refractivity contribution in [2.45, 2.75) is 25.4 Å². The van der Waals surface area contributed by atoms with Crippen LogP contribution in [0.5, 0.6) is 0 Å². The monoisotopic (exact) mass is 356 g/mol. The quantitative estimate of drug-likeness (QED) is 0.628. The molecule has 0 spiro atoms. The van der Waals surface area contributed by atoms with Crippen LogP contribution in [0.25, 0.3) is 0 Å². The number of hydrogen-bond donors (Lipinski definition) is 1. The van der Waals surface area contributed by atoms with Crippen LogP contribution in [0.4, 0.5) is 17.3 Å². The molecule has 1 aromatic heterocycles. The molecule has 0 aliphatic carbocycles. The van der Waals surface area contributed by atoms with Gasteiger partial charge in [0.05, 0.1) is 4.92 Å². The number of benzene rings is 1. The van der Waals surface area contributed by atoms with Crippen LogP contribution in [-0.2, 0) is 6.54 Å². The maximum absolute atomic E-state index is 10.8. The van der Waals surface area contributed by atoms with Crippen molar-refractivity contribution in [2.75, 3.05) is 37.4 Å². The molecule has 2 heterocycles. The molecular formula is C18H24N6O2. The van der Waals surface area contributed by atoms with Gasteiger partial charge in [-0.15, -0.1) is 0 Å². The van der Waals surface area contributed by atoms with E-state index in [2.05, 4.69) is 20.2 Å². The average Bonchev–Trinajstić information content (AvgIpc) is 2.62. The van der Waals surface area contributed by atoms with Gasteiger partial charge in [0.25, 0.3) is 5.69 Å². The fourth-order valence-corrected chi connectivity index (χ4v) is 3.18. The number of piperidine rings is 1. The number of nitrogens with zero attached hydrogens (tertiary/aromatic N) is 5. The first kappa shape index (κ1) is 18.1. The zero-order valence-corrected chi connectivity index (χ0v) is 15.1. The Kier molecular flexibility index (Phi) is 5.62. The predicted octanol–water partition coefficient (Wildman–Crippen LogP) is 2.53. The summed E-state index contributed by atoms with van der Waals surface area (Å²) in [5.41, 5.74) is 1.22. The molecule has 0 amide bonds. The Morgan fingerprint density at radius 2 is 2.08 bits per heavy atom. The summed E-state index contributed by atoms with van der Waals surface area (Å²) < 4.78 is 0. The Morgan fingerprint density at radius 3 is 2.77 bits per heavy atom. The van der Waals surface area contributed by atoms with Crippen LogP contribution in [0, 0.1) is 10.1 Å². The van der Waals surface area contributed by atoms with Crippen LogP contribution in [0.15, 0.2) is 36.7 Å². The molecule has 0 radical (unpaired) electrons. The van der Waals surface area contributed by atoms with Crippen LogP contribution >= 0.6 is 0 Å². The van der Waals surface area contributed by atoms with E-state index in [0.717, 1.165) is 49.7 Å². The van der Waals surface area contributed by atoms with Gasteiger partial charge in [0.1, 0.15) is 18.0 Å². The normalized spacial score (nSPS) is 17.7. The summed E-state index contributed by atoms with van der Waals surface area (Å²) in [6.45, 7) is 2.74. The van der Waals surface area contributed by atoms with Crippen molar-refractivity contribution in [1.82, 2.24) is 14.9 Å². The number of hydrogen-bond acceptors (Lipinski definition) is 7. The van der Waals surface area contributed by atoms with Crippen molar-refractivity contribution in [3.63, 3.8) is 0 Å². The van der Waals surface area contributed by atoms with Crippen molar-refractivity contribution in [3.05, 3.63) is 52.3 Å². The number of non-ortho nitro benzene ring substituents is 1. The van der Waals surface area contributed by atoms with E-state index < -0.39 is 0 Å². The van der Waals surface area contributed by atoms with Gasteiger partial charge < -0.3 is 10.2 Å². The smallest absolute Gasteiger partial charge is 0.269 e. The molecule has 3 rings (SSSR count). The lowest BCUT2D eigenvalue weighted by Crippen LogP contribution is -2.41. The first-order valence-corrected chi connectivity index (χ1v) is 8.73. The third-order valence-corrected chi connectivity index (χ3v) is 4.52. The topological polar surface area (TPSA) is 87.4 Å². The van der Waals surface area contributed by atoms with Crippen molar-refractivity contribution in [1.29, 1.82) is 0 Å². The van der Waals surface area contributed by atoms with Crippen LogP contribution < -0.4 is 10.2 Å². The molecule has 26 heavy (non-hydrogen) atoms. The summed E-state index contributed by atoms with van der Waals surface area (Å²) >= 11 is 0. The highest BCUT2D eigenvalue weighted by atomic mass is 16.6. The number of nitro benzene ring substituents is 1. The van der Waals surface area contributed by atoms with Gasteiger partial charge in [-0.05, 0) is 24.9 Å². The average molecular weight is 356 g/mol. The number of nitro groups is 1. The SMILES string of the molecule is CN(C)c1cc(NC2CCCN(Cc3ccc([N+](=O)[O-])cc3)C2)ncn1. The molecular weight excluding hydrogens is 332 g/mol. The lowest BCUT2D eigenvalue weighted by atomic mass is 10.0. The van der Waals surface area contributed by atoms with E-state index in [1.807, 2.05) is 37.2 Å². The van der Waals surface area contributed by atoms with Crippen LogP contribution in [0.3, 0.4) is 0 Å². The number of aromatic nitrogens is 2. The minimum Gasteiger partial charge on any atom is -0.366 e. The van der Waals surface area contributed by atoms with E-state index in [0.29, 0.717) is 6.04 Å². The second kappa shape index (κ2) is 8.09. The first-order chi connectivity index (χ1) is 12.5. The summed E-state index contributed by atoms with van der Waals surface area (Å²) in [5, 5.41) is 14.3. The Labute approximate surface area is 153 Å². The molecule has 0 saturated carbocycles. The van der Waals surface area contributed by atoms with Crippen LogP contribution in [-0.4, -0.2) is 53.0 Å². The zero-order valence-electron chi connectivity index (χ0n) is 15.1. The molecule has 2 aromatic rings. The van der Waals surface area contributed by atoms with E-state index in [-0.39, 0.29) is 10.6 Å². The number of nitrogens with one attached hydrogen (secondary N) is 1. The minimum atomic E-state index is -0.367. The highest BCUT2D eigenvalue weighted by Gasteiger charge is 2.20. The second-order valence-electron chi connectivity index (χ2n) is 6.80. The molecule has 1 aliphatic heterocycles. The molecule has 1 saturated heterocycles. The second-order valence-corrected chi connectivity index (χ2v) is 6.80. The molecule has 1 aromatic carbocycles. The highest BCUT2D eigenvalue weighted by molar-refractivity contribution is 5.47. The molecule has 0 bridgehead atoms. The summed E-state index contributed by atoms with van der Waals surface area (Å²) in [6.07, 6.45) is 3.78. The van der Waals surface area contributed by atoms with Gasteiger partial charge >= 0.3 is 0 Å².